The topological polar surface area (TPSA) is 67.6 Å². The van der Waals surface area contributed by atoms with E-state index in [4.69, 9.17) is 10.5 Å². The molecule has 0 bridgehead atoms. The lowest BCUT2D eigenvalue weighted by atomic mass is 9.88. The van der Waals surface area contributed by atoms with Crippen LogP contribution in [0.3, 0.4) is 0 Å². The molecule has 0 saturated heterocycles. The minimum Gasteiger partial charge on any atom is -0.383 e. The predicted octanol–water partition coefficient (Wildman–Crippen LogP) is 0.555. The first kappa shape index (κ1) is 16.6. The van der Waals surface area contributed by atoms with Gasteiger partial charge in [-0.15, -0.1) is 0 Å². The predicted molar refractivity (Wildman–Crippen MR) is 80.4 cm³/mol. The van der Waals surface area contributed by atoms with E-state index in [-0.39, 0.29) is 5.91 Å². The van der Waals surface area contributed by atoms with Gasteiger partial charge in [-0.05, 0) is 19.2 Å². The zero-order chi connectivity index (χ0) is 15.0. The molecule has 0 radical (unpaired) electrons. The Morgan fingerprint density at radius 1 is 1.40 bits per heavy atom. The van der Waals surface area contributed by atoms with Gasteiger partial charge in [0.05, 0.1) is 6.61 Å². The summed E-state index contributed by atoms with van der Waals surface area (Å²) in [5.74, 6) is -0.366. The fraction of sp³-hybridized carbons (Fsp3) is 0.533. The van der Waals surface area contributed by atoms with E-state index >= 15 is 0 Å². The molecule has 0 aliphatic carbocycles. The van der Waals surface area contributed by atoms with Crippen LogP contribution < -0.4 is 11.1 Å². The SMILES string of the molecule is CCNC(CN(C)CCOC)(C(N)=O)c1ccccc1. The van der Waals surface area contributed by atoms with Crippen molar-refractivity contribution in [2.75, 3.05) is 40.4 Å². The van der Waals surface area contributed by atoms with Crippen LogP contribution in [0.15, 0.2) is 30.3 Å². The van der Waals surface area contributed by atoms with Crippen molar-refractivity contribution in [3.8, 4) is 0 Å². The highest BCUT2D eigenvalue weighted by Crippen LogP contribution is 2.22. The van der Waals surface area contributed by atoms with Crippen molar-refractivity contribution >= 4 is 5.91 Å². The van der Waals surface area contributed by atoms with Gasteiger partial charge >= 0.3 is 0 Å². The van der Waals surface area contributed by atoms with Gasteiger partial charge in [0.2, 0.25) is 5.91 Å². The van der Waals surface area contributed by atoms with Crippen LogP contribution in [-0.2, 0) is 15.1 Å². The van der Waals surface area contributed by atoms with Gasteiger partial charge in [-0.3, -0.25) is 10.1 Å². The second kappa shape index (κ2) is 7.99. The van der Waals surface area contributed by atoms with E-state index in [9.17, 15) is 4.79 Å². The van der Waals surface area contributed by atoms with Crippen LogP contribution in [0.4, 0.5) is 0 Å². The number of carbonyl (C=O) groups is 1. The molecule has 1 amide bonds. The number of nitrogens with one attached hydrogen (secondary N) is 1. The number of hydrogen-bond acceptors (Lipinski definition) is 4. The molecule has 20 heavy (non-hydrogen) atoms. The van der Waals surface area contributed by atoms with Crippen molar-refractivity contribution in [1.82, 2.24) is 10.2 Å². The summed E-state index contributed by atoms with van der Waals surface area (Å²) >= 11 is 0. The number of nitrogens with two attached hydrogens (primary N) is 1. The standard InChI is InChI=1S/C15H25N3O2/c1-4-17-15(14(16)19,12-18(2)10-11-20-3)13-8-6-5-7-9-13/h5-9,17H,4,10-12H2,1-3H3,(H2,16,19). The maximum atomic E-state index is 12.1. The molecule has 0 heterocycles. The van der Waals surface area contributed by atoms with Crippen molar-refractivity contribution in [1.29, 1.82) is 0 Å². The normalized spacial score (nSPS) is 14.2. The number of carbonyl (C=O) groups excluding carboxylic acids is 1. The number of likely N-dealkylation sites (N-methyl/N-ethyl adjacent to an activating group) is 2. The average molecular weight is 279 g/mol. The van der Waals surface area contributed by atoms with Crippen LogP contribution >= 0.6 is 0 Å². The molecule has 1 unspecified atom stereocenters. The van der Waals surface area contributed by atoms with Gasteiger partial charge in [-0.2, -0.15) is 0 Å². The van der Waals surface area contributed by atoms with Crippen molar-refractivity contribution in [3.05, 3.63) is 35.9 Å². The molecule has 0 fully saturated rings. The lowest BCUT2D eigenvalue weighted by Gasteiger charge is -2.35. The Balaban J connectivity index is 3.03. The van der Waals surface area contributed by atoms with Gasteiger partial charge in [0.25, 0.3) is 0 Å². The number of primary amides is 1. The largest absolute Gasteiger partial charge is 0.383 e. The number of amides is 1. The number of nitrogens with zero attached hydrogens (tertiary/aromatic N) is 1. The summed E-state index contributed by atoms with van der Waals surface area (Å²) in [6.07, 6.45) is 0. The molecule has 0 spiro atoms. The van der Waals surface area contributed by atoms with E-state index in [1.807, 2.05) is 49.2 Å². The van der Waals surface area contributed by atoms with E-state index in [0.29, 0.717) is 19.7 Å². The molecule has 0 aliphatic heterocycles. The third-order valence-corrected chi connectivity index (χ3v) is 3.35. The summed E-state index contributed by atoms with van der Waals surface area (Å²) < 4.78 is 5.07. The van der Waals surface area contributed by atoms with Crippen molar-refractivity contribution in [2.24, 2.45) is 5.73 Å². The zero-order valence-electron chi connectivity index (χ0n) is 12.6. The molecule has 1 aromatic carbocycles. The number of methoxy groups -OCH3 is 1. The number of benzene rings is 1. The van der Waals surface area contributed by atoms with Crippen LogP contribution in [0.25, 0.3) is 0 Å². The van der Waals surface area contributed by atoms with Crippen LogP contribution in [0, 0.1) is 0 Å². The quantitative estimate of drug-likeness (QED) is 0.693. The fourth-order valence-corrected chi connectivity index (χ4v) is 2.31. The Morgan fingerprint density at radius 2 is 2.05 bits per heavy atom. The maximum absolute atomic E-state index is 12.1. The molecular formula is C15H25N3O2. The second-order valence-electron chi connectivity index (χ2n) is 4.90. The Bertz CT molecular complexity index is 411. The van der Waals surface area contributed by atoms with Crippen LogP contribution in [0.2, 0.25) is 0 Å². The van der Waals surface area contributed by atoms with Gasteiger partial charge in [-0.1, -0.05) is 37.3 Å². The summed E-state index contributed by atoms with van der Waals surface area (Å²) in [6, 6.07) is 9.62. The van der Waals surface area contributed by atoms with Crippen LogP contribution in [0.5, 0.6) is 0 Å². The smallest absolute Gasteiger partial charge is 0.243 e. The highest BCUT2D eigenvalue weighted by atomic mass is 16.5. The summed E-state index contributed by atoms with van der Waals surface area (Å²) in [7, 11) is 3.62. The fourth-order valence-electron chi connectivity index (χ4n) is 2.31. The molecule has 112 valence electrons. The molecule has 5 nitrogen and oxygen atoms in total. The Labute approximate surface area is 121 Å². The first-order valence-electron chi connectivity index (χ1n) is 6.84. The third-order valence-electron chi connectivity index (χ3n) is 3.35. The average Bonchev–Trinajstić information content (AvgIpc) is 2.45. The maximum Gasteiger partial charge on any atom is 0.243 e. The third kappa shape index (κ3) is 4.03. The van der Waals surface area contributed by atoms with Gasteiger partial charge in [0.1, 0.15) is 5.54 Å². The minimum atomic E-state index is -0.876. The Morgan fingerprint density at radius 3 is 2.55 bits per heavy atom. The van der Waals surface area contributed by atoms with Gasteiger partial charge < -0.3 is 15.4 Å². The van der Waals surface area contributed by atoms with Crippen molar-refractivity contribution < 1.29 is 9.53 Å². The van der Waals surface area contributed by atoms with Crippen molar-refractivity contribution in [2.45, 2.75) is 12.5 Å². The van der Waals surface area contributed by atoms with E-state index < -0.39 is 5.54 Å². The molecular weight excluding hydrogens is 254 g/mol. The highest BCUT2D eigenvalue weighted by Gasteiger charge is 2.38. The number of hydrogen-bond donors (Lipinski definition) is 2. The second-order valence-corrected chi connectivity index (χ2v) is 4.90. The lowest BCUT2D eigenvalue weighted by Crippen LogP contribution is -2.58. The van der Waals surface area contributed by atoms with E-state index in [0.717, 1.165) is 12.1 Å². The molecule has 0 aromatic heterocycles. The van der Waals surface area contributed by atoms with Crippen LogP contribution in [-0.4, -0.2) is 51.2 Å². The molecule has 3 N–H and O–H groups in total. The summed E-state index contributed by atoms with van der Waals surface area (Å²) in [5.41, 5.74) is 5.72. The molecule has 5 heteroatoms. The Kier molecular flexibility index (Phi) is 6.64. The monoisotopic (exact) mass is 279 g/mol. The lowest BCUT2D eigenvalue weighted by molar-refractivity contribution is -0.125. The van der Waals surface area contributed by atoms with E-state index in [2.05, 4.69) is 5.32 Å². The summed E-state index contributed by atoms with van der Waals surface area (Å²) in [4.78, 5) is 14.2. The first-order valence-corrected chi connectivity index (χ1v) is 6.84. The van der Waals surface area contributed by atoms with Gasteiger partial charge in [0, 0.05) is 20.2 Å². The Hall–Kier alpha value is -1.43. The number of ether oxygens (including phenoxy) is 1. The highest BCUT2D eigenvalue weighted by molar-refractivity contribution is 5.86. The van der Waals surface area contributed by atoms with Gasteiger partial charge in [0.15, 0.2) is 0 Å². The van der Waals surface area contributed by atoms with E-state index in [1.54, 1.807) is 7.11 Å². The minimum absolute atomic E-state index is 0.366. The zero-order valence-corrected chi connectivity index (χ0v) is 12.6. The molecule has 0 saturated carbocycles. The number of rotatable bonds is 9. The first-order chi connectivity index (χ1) is 9.56. The molecule has 1 rings (SSSR count). The summed E-state index contributed by atoms with van der Waals surface area (Å²) in [5, 5.41) is 3.26. The molecule has 1 atom stereocenters. The van der Waals surface area contributed by atoms with Crippen molar-refractivity contribution in [3.63, 3.8) is 0 Å². The van der Waals surface area contributed by atoms with Gasteiger partial charge in [-0.25, -0.2) is 0 Å². The van der Waals surface area contributed by atoms with E-state index in [1.165, 1.54) is 0 Å². The summed E-state index contributed by atoms with van der Waals surface area (Å²) in [6.45, 7) is 4.49. The molecule has 0 aliphatic rings. The molecule has 1 aromatic rings. The van der Waals surface area contributed by atoms with Crippen LogP contribution in [0.1, 0.15) is 12.5 Å².